The van der Waals surface area contributed by atoms with E-state index in [0.29, 0.717) is 5.69 Å². The Hall–Kier alpha value is -1.20. The molecule has 0 heterocycles. The third kappa shape index (κ3) is 5.10. The van der Waals surface area contributed by atoms with E-state index < -0.39 is 10.8 Å². The number of aliphatic hydroxyl groups excluding tert-OH is 1. The summed E-state index contributed by atoms with van der Waals surface area (Å²) < 4.78 is 11.3. The quantitative estimate of drug-likeness (QED) is 0.824. The number of carbonyl (C=O) groups excluding carboxylic acids is 1. The van der Waals surface area contributed by atoms with Crippen LogP contribution in [0, 0.1) is 13.8 Å². The van der Waals surface area contributed by atoms with Crippen molar-refractivity contribution in [1.82, 2.24) is 0 Å². The first-order chi connectivity index (χ1) is 8.01. The second-order valence-electron chi connectivity index (χ2n) is 3.94. The van der Waals surface area contributed by atoms with E-state index >= 15 is 0 Å². The van der Waals surface area contributed by atoms with Crippen LogP contribution in [0.2, 0.25) is 0 Å². The summed E-state index contributed by atoms with van der Waals surface area (Å²) in [5.41, 5.74) is 2.85. The van der Waals surface area contributed by atoms with Crippen LogP contribution >= 0.6 is 0 Å². The maximum Gasteiger partial charge on any atom is 0.236 e. The van der Waals surface area contributed by atoms with Crippen molar-refractivity contribution >= 4 is 22.4 Å². The monoisotopic (exact) mass is 255 g/mol. The highest BCUT2D eigenvalue weighted by Crippen LogP contribution is 2.13. The molecule has 0 aromatic heterocycles. The fourth-order valence-electron chi connectivity index (χ4n) is 1.56. The fourth-order valence-corrected chi connectivity index (χ4v) is 2.28. The number of aryl methyl sites for hydroxylation is 2. The van der Waals surface area contributed by atoms with Crippen LogP contribution in [-0.2, 0) is 15.6 Å². The average molecular weight is 255 g/mol. The van der Waals surface area contributed by atoms with Gasteiger partial charge in [-0.05, 0) is 37.1 Å². The van der Waals surface area contributed by atoms with E-state index in [0.717, 1.165) is 11.1 Å². The summed E-state index contributed by atoms with van der Waals surface area (Å²) in [6, 6.07) is 5.74. The normalized spacial score (nSPS) is 12.2. The minimum absolute atomic E-state index is 0.0758. The van der Waals surface area contributed by atoms with Crippen LogP contribution in [0.1, 0.15) is 11.1 Å². The predicted octanol–water partition coefficient (Wildman–Crippen LogP) is 0.983. The van der Waals surface area contributed by atoms with Crippen LogP contribution < -0.4 is 5.32 Å². The van der Waals surface area contributed by atoms with Crippen molar-refractivity contribution in [1.29, 1.82) is 0 Å². The zero-order chi connectivity index (χ0) is 12.8. The maximum absolute atomic E-state index is 11.5. The van der Waals surface area contributed by atoms with E-state index in [9.17, 15) is 9.00 Å². The molecule has 17 heavy (non-hydrogen) atoms. The molecule has 0 aliphatic carbocycles. The van der Waals surface area contributed by atoms with E-state index in [1.165, 1.54) is 0 Å². The molecule has 1 rings (SSSR count). The first-order valence-corrected chi connectivity index (χ1v) is 6.84. The van der Waals surface area contributed by atoms with Crippen LogP contribution in [0.5, 0.6) is 0 Å². The Labute approximate surface area is 104 Å². The lowest BCUT2D eigenvalue weighted by molar-refractivity contribution is -0.113. The summed E-state index contributed by atoms with van der Waals surface area (Å²) in [6.07, 6.45) is 0. The maximum atomic E-state index is 11.5. The Bertz CT molecular complexity index is 412. The molecule has 0 bridgehead atoms. The SMILES string of the molecule is Cc1cc(C)cc(NC(=O)CS(=O)CCO)c1. The van der Waals surface area contributed by atoms with Crippen molar-refractivity contribution in [3.63, 3.8) is 0 Å². The summed E-state index contributed by atoms with van der Waals surface area (Å²) in [6.45, 7) is 3.74. The number of benzene rings is 1. The smallest absolute Gasteiger partial charge is 0.236 e. The highest BCUT2D eigenvalue weighted by atomic mass is 32.2. The van der Waals surface area contributed by atoms with Gasteiger partial charge in [-0.15, -0.1) is 0 Å². The van der Waals surface area contributed by atoms with Crippen LogP contribution in [0.15, 0.2) is 18.2 Å². The Morgan fingerprint density at radius 1 is 1.29 bits per heavy atom. The van der Waals surface area contributed by atoms with E-state index in [4.69, 9.17) is 5.11 Å². The first kappa shape index (κ1) is 13.9. The van der Waals surface area contributed by atoms with E-state index in [1.54, 1.807) is 0 Å². The Morgan fingerprint density at radius 3 is 2.41 bits per heavy atom. The predicted molar refractivity (Wildman–Crippen MR) is 69.5 cm³/mol. The highest BCUT2D eigenvalue weighted by molar-refractivity contribution is 7.85. The van der Waals surface area contributed by atoms with Crippen LogP contribution in [-0.4, -0.2) is 33.3 Å². The number of carbonyl (C=O) groups is 1. The summed E-state index contributed by atoms with van der Waals surface area (Å²) in [5, 5.41) is 11.3. The van der Waals surface area contributed by atoms with Gasteiger partial charge in [0.1, 0.15) is 5.75 Å². The minimum atomic E-state index is -1.30. The Balaban J connectivity index is 2.59. The van der Waals surface area contributed by atoms with Crippen molar-refractivity contribution in [3.05, 3.63) is 29.3 Å². The van der Waals surface area contributed by atoms with Gasteiger partial charge in [0.2, 0.25) is 5.91 Å². The number of anilines is 1. The summed E-state index contributed by atoms with van der Waals surface area (Å²) >= 11 is 0. The number of aliphatic hydroxyl groups is 1. The third-order valence-corrected chi connectivity index (χ3v) is 3.34. The lowest BCUT2D eigenvalue weighted by atomic mass is 10.1. The summed E-state index contributed by atoms with van der Waals surface area (Å²) in [5.74, 6) is -0.227. The lowest BCUT2D eigenvalue weighted by Gasteiger charge is -2.07. The molecule has 1 atom stereocenters. The molecule has 0 saturated heterocycles. The van der Waals surface area contributed by atoms with Gasteiger partial charge in [0.05, 0.1) is 6.61 Å². The molecule has 0 spiro atoms. The van der Waals surface area contributed by atoms with Crippen LogP contribution in [0.3, 0.4) is 0 Å². The molecular formula is C12H17NO3S. The molecule has 0 radical (unpaired) electrons. The number of hydrogen-bond acceptors (Lipinski definition) is 3. The largest absolute Gasteiger partial charge is 0.395 e. The zero-order valence-corrected chi connectivity index (χ0v) is 10.8. The number of hydrogen-bond donors (Lipinski definition) is 2. The standard InChI is InChI=1S/C12H17NO3S/c1-9-5-10(2)7-11(6-9)13-12(15)8-17(16)4-3-14/h5-7,14H,3-4,8H2,1-2H3,(H,13,15). The van der Waals surface area contributed by atoms with Gasteiger partial charge in [0.25, 0.3) is 0 Å². The van der Waals surface area contributed by atoms with Gasteiger partial charge in [0, 0.05) is 22.2 Å². The summed E-state index contributed by atoms with van der Waals surface area (Å²) in [7, 11) is -1.30. The second-order valence-corrected chi connectivity index (χ2v) is 5.51. The molecule has 94 valence electrons. The van der Waals surface area contributed by atoms with Gasteiger partial charge in [0.15, 0.2) is 0 Å². The van der Waals surface area contributed by atoms with Gasteiger partial charge >= 0.3 is 0 Å². The van der Waals surface area contributed by atoms with Crippen molar-refractivity contribution in [2.45, 2.75) is 13.8 Å². The van der Waals surface area contributed by atoms with Crippen LogP contribution in [0.4, 0.5) is 5.69 Å². The average Bonchev–Trinajstić information content (AvgIpc) is 2.14. The number of amides is 1. The Kier molecular flexibility index (Phi) is 5.31. The molecule has 1 aromatic rings. The molecule has 0 aliphatic rings. The van der Waals surface area contributed by atoms with E-state index in [2.05, 4.69) is 5.32 Å². The first-order valence-electron chi connectivity index (χ1n) is 5.35. The lowest BCUT2D eigenvalue weighted by Crippen LogP contribution is -2.21. The number of nitrogens with one attached hydrogen (secondary N) is 1. The molecule has 1 aromatic carbocycles. The van der Waals surface area contributed by atoms with Crippen molar-refractivity contribution in [3.8, 4) is 0 Å². The molecule has 1 unspecified atom stereocenters. The Morgan fingerprint density at radius 2 is 1.88 bits per heavy atom. The minimum Gasteiger partial charge on any atom is -0.395 e. The van der Waals surface area contributed by atoms with Gasteiger partial charge in [-0.25, -0.2) is 0 Å². The molecular weight excluding hydrogens is 238 g/mol. The molecule has 0 saturated carbocycles. The van der Waals surface area contributed by atoms with Gasteiger partial charge in [-0.3, -0.25) is 9.00 Å². The molecule has 2 N–H and O–H groups in total. The van der Waals surface area contributed by atoms with Crippen molar-refractivity contribution < 1.29 is 14.1 Å². The van der Waals surface area contributed by atoms with Crippen molar-refractivity contribution in [2.24, 2.45) is 0 Å². The fraction of sp³-hybridized carbons (Fsp3) is 0.417. The second kappa shape index (κ2) is 6.51. The highest BCUT2D eigenvalue weighted by Gasteiger charge is 2.08. The molecule has 1 amide bonds. The van der Waals surface area contributed by atoms with E-state index in [1.807, 2.05) is 32.0 Å². The third-order valence-electron chi connectivity index (χ3n) is 2.12. The molecule has 5 heteroatoms. The molecule has 0 aliphatic heterocycles. The topological polar surface area (TPSA) is 66.4 Å². The summed E-state index contributed by atoms with van der Waals surface area (Å²) in [4.78, 5) is 11.5. The van der Waals surface area contributed by atoms with Gasteiger partial charge in [-0.2, -0.15) is 0 Å². The van der Waals surface area contributed by atoms with Crippen molar-refractivity contribution in [2.75, 3.05) is 23.4 Å². The van der Waals surface area contributed by atoms with E-state index in [-0.39, 0.29) is 24.0 Å². The van der Waals surface area contributed by atoms with Gasteiger partial charge < -0.3 is 10.4 Å². The zero-order valence-electron chi connectivity index (χ0n) is 10.0. The van der Waals surface area contributed by atoms with Crippen LogP contribution in [0.25, 0.3) is 0 Å². The molecule has 4 nitrogen and oxygen atoms in total. The number of rotatable bonds is 5. The molecule has 0 fully saturated rings. The van der Waals surface area contributed by atoms with Gasteiger partial charge in [-0.1, -0.05) is 6.07 Å².